The first kappa shape index (κ1) is 15.3. The maximum absolute atomic E-state index is 12.4. The second-order valence-electron chi connectivity index (χ2n) is 6.47. The Kier molecular flexibility index (Phi) is 4.34. The molecule has 6 heteroatoms. The molecule has 1 aliphatic carbocycles. The predicted molar refractivity (Wildman–Crippen MR) is 77.0 cm³/mol. The Morgan fingerprint density at radius 3 is 2.10 bits per heavy atom. The van der Waals surface area contributed by atoms with Gasteiger partial charge in [0.05, 0.1) is 12.1 Å². The fourth-order valence-electron chi connectivity index (χ4n) is 2.73. The standard InChI is InChI=1S/C14H26N4O2/c1-14(15,11-4-5-11)13(20)18-8-6-17(7-9-18)12(19)10-16(2)3/h11H,4-10,15H2,1-3H3. The Hall–Kier alpha value is -1.14. The van der Waals surface area contributed by atoms with Gasteiger partial charge in [-0.2, -0.15) is 0 Å². The third kappa shape index (κ3) is 3.30. The molecule has 1 atom stereocenters. The fraction of sp³-hybridized carbons (Fsp3) is 0.857. The number of nitrogens with two attached hydrogens (primary N) is 1. The van der Waals surface area contributed by atoms with Crippen LogP contribution in [-0.4, -0.2) is 78.9 Å². The van der Waals surface area contributed by atoms with Crippen molar-refractivity contribution in [1.82, 2.24) is 14.7 Å². The maximum atomic E-state index is 12.4. The molecule has 0 aromatic carbocycles. The van der Waals surface area contributed by atoms with E-state index in [9.17, 15) is 9.59 Å². The quantitative estimate of drug-likeness (QED) is 0.743. The molecular weight excluding hydrogens is 256 g/mol. The van der Waals surface area contributed by atoms with Gasteiger partial charge in [0.15, 0.2) is 0 Å². The average molecular weight is 282 g/mol. The molecule has 1 unspecified atom stereocenters. The Morgan fingerprint density at radius 2 is 1.65 bits per heavy atom. The summed E-state index contributed by atoms with van der Waals surface area (Å²) in [4.78, 5) is 29.9. The lowest BCUT2D eigenvalue weighted by Crippen LogP contribution is -2.60. The lowest BCUT2D eigenvalue weighted by molar-refractivity contribution is -0.143. The van der Waals surface area contributed by atoms with Gasteiger partial charge in [-0.1, -0.05) is 0 Å². The van der Waals surface area contributed by atoms with Gasteiger partial charge in [-0.05, 0) is 39.8 Å². The number of carbonyl (C=O) groups excluding carboxylic acids is 2. The monoisotopic (exact) mass is 282 g/mol. The highest BCUT2D eigenvalue weighted by atomic mass is 16.2. The highest BCUT2D eigenvalue weighted by Gasteiger charge is 2.46. The normalized spacial score (nSPS) is 22.9. The summed E-state index contributed by atoms with van der Waals surface area (Å²) < 4.78 is 0. The minimum atomic E-state index is -0.726. The number of amides is 2. The molecule has 0 spiro atoms. The molecule has 1 heterocycles. The third-order valence-electron chi connectivity index (χ3n) is 4.26. The molecule has 0 aromatic rings. The lowest BCUT2D eigenvalue weighted by Gasteiger charge is -2.38. The molecule has 0 radical (unpaired) electrons. The average Bonchev–Trinajstić information content (AvgIpc) is 3.21. The number of hydrogen-bond donors (Lipinski definition) is 1. The van der Waals surface area contributed by atoms with Crippen LogP contribution in [-0.2, 0) is 9.59 Å². The molecule has 0 aromatic heterocycles. The SMILES string of the molecule is CN(C)CC(=O)N1CCN(C(=O)C(C)(N)C2CC2)CC1. The largest absolute Gasteiger partial charge is 0.338 e. The second-order valence-corrected chi connectivity index (χ2v) is 6.47. The molecule has 1 saturated heterocycles. The van der Waals surface area contributed by atoms with Crippen LogP contribution in [0.5, 0.6) is 0 Å². The Balaban J connectivity index is 1.85. The minimum absolute atomic E-state index is 0.0414. The van der Waals surface area contributed by atoms with Crippen LogP contribution in [0.2, 0.25) is 0 Å². The summed E-state index contributed by atoms with van der Waals surface area (Å²) in [6.07, 6.45) is 2.11. The zero-order valence-electron chi connectivity index (χ0n) is 12.8. The van der Waals surface area contributed by atoms with Crippen LogP contribution in [0.25, 0.3) is 0 Å². The first-order valence-corrected chi connectivity index (χ1v) is 7.33. The van der Waals surface area contributed by atoms with Gasteiger partial charge in [0.2, 0.25) is 11.8 Å². The summed E-state index contributed by atoms with van der Waals surface area (Å²) in [5, 5.41) is 0. The second kappa shape index (κ2) is 5.69. The summed E-state index contributed by atoms with van der Waals surface area (Å²) in [7, 11) is 3.76. The van der Waals surface area contributed by atoms with E-state index in [4.69, 9.17) is 5.73 Å². The molecule has 2 rings (SSSR count). The van der Waals surface area contributed by atoms with E-state index in [1.807, 2.05) is 35.7 Å². The van der Waals surface area contributed by atoms with Gasteiger partial charge >= 0.3 is 0 Å². The van der Waals surface area contributed by atoms with E-state index >= 15 is 0 Å². The summed E-state index contributed by atoms with van der Waals surface area (Å²) in [6, 6.07) is 0. The van der Waals surface area contributed by atoms with Crippen molar-refractivity contribution < 1.29 is 9.59 Å². The van der Waals surface area contributed by atoms with E-state index in [-0.39, 0.29) is 11.8 Å². The lowest BCUT2D eigenvalue weighted by atomic mass is 9.95. The molecule has 2 N–H and O–H groups in total. The fourth-order valence-corrected chi connectivity index (χ4v) is 2.73. The number of hydrogen-bond acceptors (Lipinski definition) is 4. The minimum Gasteiger partial charge on any atom is -0.338 e. The van der Waals surface area contributed by atoms with Crippen molar-refractivity contribution in [3.05, 3.63) is 0 Å². The molecule has 1 aliphatic heterocycles. The Bertz CT molecular complexity index is 383. The molecule has 20 heavy (non-hydrogen) atoms. The van der Waals surface area contributed by atoms with Crippen LogP contribution in [0.15, 0.2) is 0 Å². The van der Waals surface area contributed by atoms with Crippen LogP contribution in [0.3, 0.4) is 0 Å². The Labute approximate surface area is 120 Å². The first-order chi connectivity index (χ1) is 9.32. The number of nitrogens with zero attached hydrogens (tertiary/aromatic N) is 3. The molecule has 114 valence electrons. The van der Waals surface area contributed by atoms with Crippen LogP contribution in [0.4, 0.5) is 0 Å². The number of piperazine rings is 1. The number of carbonyl (C=O) groups is 2. The summed E-state index contributed by atoms with van der Waals surface area (Å²) in [5.41, 5.74) is 5.45. The predicted octanol–water partition coefficient (Wildman–Crippen LogP) is -0.654. The van der Waals surface area contributed by atoms with Gasteiger partial charge in [-0.25, -0.2) is 0 Å². The first-order valence-electron chi connectivity index (χ1n) is 7.33. The highest BCUT2D eigenvalue weighted by molar-refractivity contribution is 5.87. The van der Waals surface area contributed by atoms with Gasteiger partial charge in [0.1, 0.15) is 0 Å². The topological polar surface area (TPSA) is 69.9 Å². The van der Waals surface area contributed by atoms with E-state index in [2.05, 4.69) is 0 Å². The smallest absolute Gasteiger partial charge is 0.242 e. The van der Waals surface area contributed by atoms with Crippen LogP contribution in [0, 0.1) is 5.92 Å². The van der Waals surface area contributed by atoms with Crippen molar-refractivity contribution in [2.24, 2.45) is 11.7 Å². The van der Waals surface area contributed by atoms with Gasteiger partial charge in [0, 0.05) is 26.2 Å². The Morgan fingerprint density at radius 1 is 1.15 bits per heavy atom. The molecule has 0 bridgehead atoms. The van der Waals surface area contributed by atoms with E-state index in [1.54, 1.807) is 0 Å². The van der Waals surface area contributed by atoms with Crippen molar-refractivity contribution >= 4 is 11.8 Å². The maximum Gasteiger partial charge on any atom is 0.242 e. The van der Waals surface area contributed by atoms with Crippen LogP contribution < -0.4 is 5.73 Å². The van der Waals surface area contributed by atoms with E-state index in [0.29, 0.717) is 38.6 Å². The van der Waals surface area contributed by atoms with Gasteiger partial charge < -0.3 is 20.4 Å². The van der Waals surface area contributed by atoms with Gasteiger partial charge in [-0.15, -0.1) is 0 Å². The van der Waals surface area contributed by atoms with Gasteiger partial charge in [-0.3, -0.25) is 9.59 Å². The molecule has 2 amide bonds. The number of rotatable bonds is 4. The van der Waals surface area contributed by atoms with Crippen molar-refractivity contribution in [3.63, 3.8) is 0 Å². The summed E-state index contributed by atoms with van der Waals surface area (Å²) >= 11 is 0. The highest BCUT2D eigenvalue weighted by Crippen LogP contribution is 2.39. The van der Waals surface area contributed by atoms with Crippen molar-refractivity contribution in [2.45, 2.75) is 25.3 Å². The third-order valence-corrected chi connectivity index (χ3v) is 4.26. The zero-order valence-corrected chi connectivity index (χ0v) is 12.8. The molecule has 2 aliphatic rings. The summed E-state index contributed by atoms with van der Waals surface area (Å²) in [5.74, 6) is 0.503. The molecule has 6 nitrogen and oxygen atoms in total. The van der Waals surface area contributed by atoms with E-state index in [0.717, 1.165) is 12.8 Å². The van der Waals surface area contributed by atoms with Gasteiger partial charge in [0.25, 0.3) is 0 Å². The van der Waals surface area contributed by atoms with Crippen LogP contribution >= 0.6 is 0 Å². The van der Waals surface area contributed by atoms with E-state index in [1.165, 1.54) is 0 Å². The molecular formula is C14H26N4O2. The van der Waals surface area contributed by atoms with Crippen molar-refractivity contribution in [1.29, 1.82) is 0 Å². The summed E-state index contributed by atoms with van der Waals surface area (Å²) in [6.45, 7) is 4.68. The van der Waals surface area contributed by atoms with Crippen LogP contribution in [0.1, 0.15) is 19.8 Å². The molecule has 1 saturated carbocycles. The molecule has 2 fully saturated rings. The van der Waals surface area contributed by atoms with Crippen molar-refractivity contribution in [3.8, 4) is 0 Å². The van der Waals surface area contributed by atoms with E-state index < -0.39 is 5.54 Å². The van der Waals surface area contributed by atoms with Crippen molar-refractivity contribution in [2.75, 3.05) is 46.8 Å². The zero-order chi connectivity index (χ0) is 14.9. The number of likely N-dealkylation sites (N-methyl/N-ethyl adjacent to an activating group) is 1.